The number of hydrogen-bond donors (Lipinski definition) is 1. The predicted octanol–water partition coefficient (Wildman–Crippen LogP) is 4.61. The number of carbonyl (C=O) groups is 2. The van der Waals surface area contributed by atoms with Crippen LogP contribution in [0.3, 0.4) is 0 Å². The van der Waals surface area contributed by atoms with Crippen LogP contribution in [0.15, 0.2) is 60.7 Å². The molecule has 1 aliphatic heterocycles. The molecule has 1 spiro atoms. The van der Waals surface area contributed by atoms with E-state index in [1.54, 1.807) is 18.2 Å². The lowest BCUT2D eigenvalue weighted by Gasteiger charge is -2.21. The zero-order chi connectivity index (χ0) is 21.3. The highest BCUT2D eigenvalue weighted by molar-refractivity contribution is 5.94. The highest BCUT2D eigenvalue weighted by atomic mass is 16.7. The van der Waals surface area contributed by atoms with E-state index in [-0.39, 0.29) is 13.0 Å². The average molecular weight is 417 g/mol. The summed E-state index contributed by atoms with van der Waals surface area (Å²) in [6.45, 7) is -0.345. The number of amides is 1. The molecule has 0 aromatic heterocycles. The Hall–Kier alpha value is -3.54. The van der Waals surface area contributed by atoms with Crippen molar-refractivity contribution in [3.05, 3.63) is 66.2 Å². The first-order valence-corrected chi connectivity index (χ1v) is 10.5. The Morgan fingerprint density at radius 3 is 2.58 bits per heavy atom. The second-order valence-corrected chi connectivity index (χ2v) is 8.01. The van der Waals surface area contributed by atoms with E-state index in [0.29, 0.717) is 17.2 Å². The van der Waals surface area contributed by atoms with Crippen molar-refractivity contribution in [3.63, 3.8) is 0 Å². The Labute approximate surface area is 180 Å². The van der Waals surface area contributed by atoms with Crippen LogP contribution >= 0.6 is 0 Å². The Bertz CT molecular complexity index is 1140. The highest BCUT2D eigenvalue weighted by Gasteiger charge is 2.44. The number of esters is 1. The molecule has 0 radical (unpaired) electrons. The molecule has 158 valence electrons. The van der Waals surface area contributed by atoms with Gasteiger partial charge in [0.05, 0.1) is 6.42 Å². The first-order chi connectivity index (χ1) is 15.1. The Balaban J connectivity index is 1.16. The molecule has 1 N–H and O–H groups in total. The maximum Gasteiger partial charge on any atom is 0.310 e. The topological polar surface area (TPSA) is 73.9 Å². The van der Waals surface area contributed by atoms with Crippen LogP contribution in [0.1, 0.15) is 31.2 Å². The molecule has 1 fully saturated rings. The van der Waals surface area contributed by atoms with Gasteiger partial charge in [-0.25, -0.2) is 0 Å². The van der Waals surface area contributed by atoms with Crippen LogP contribution < -0.4 is 14.8 Å². The van der Waals surface area contributed by atoms with E-state index in [9.17, 15) is 9.59 Å². The molecule has 1 heterocycles. The van der Waals surface area contributed by atoms with Crippen LogP contribution in [-0.2, 0) is 20.7 Å². The summed E-state index contributed by atoms with van der Waals surface area (Å²) in [5, 5.41) is 4.82. The molecule has 5 rings (SSSR count). The number of fused-ring (bicyclic) bond motifs is 2. The molecular formula is C25H23NO5. The lowest BCUT2D eigenvalue weighted by atomic mass is 10.0. The summed E-state index contributed by atoms with van der Waals surface area (Å²) < 4.78 is 17.2. The van der Waals surface area contributed by atoms with Crippen LogP contribution in [0.2, 0.25) is 0 Å². The molecule has 0 atom stereocenters. The van der Waals surface area contributed by atoms with Crippen molar-refractivity contribution >= 4 is 28.3 Å². The Kier molecular flexibility index (Phi) is 4.98. The van der Waals surface area contributed by atoms with E-state index in [0.717, 1.165) is 42.0 Å². The third kappa shape index (κ3) is 4.06. The van der Waals surface area contributed by atoms with Gasteiger partial charge in [-0.2, -0.15) is 0 Å². The van der Waals surface area contributed by atoms with Crippen LogP contribution in [0.25, 0.3) is 10.8 Å². The molecule has 31 heavy (non-hydrogen) atoms. The molecule has 1 saturated carbocycles. The second-order valence-electron chi connectivity index (χ2n) is 8.01. The van der Waals surface area contributed by atoms with Crippen molar-refractivity contribution in [1.82, 2.24) is 0 Å². The third-order valence-electron chi connectivity index (χ3n) is 5.76. The zero-order valence-electron chi connectivity index (χ0n) is 17.1. The number of hydrogen-bond acceptors (Lipinski definition) is 5. The molecule has 6 nitrogen and oxygen atoms in total. The second kappa shape index (κ2) is 7.95. The average Bonchev–Trinajstić information content (AvgIpc) is 3.38. The van der Waals surface area contributed by atoms with Crippen molar-refractivity contribution in [2.45, 2.75) is 37.9 Å². The minimum Gasteiger partial charge on any atom is -0.455 e. The summed E-state index contributed by atoms with van der Waals surface area (Å²) in [4.78, 5) is 24.5. The molecule has 6 heteroatoms. The fraction of sp³-hybridized carbons (Fsp3) is 0.280. The summed E-state index contributed by atoms with van der Waals surface area (Å²) in [5.74, 6) is -0.0580. The minimum atomic E-state index is -0.540. The maximum absolute atomic E-state index is 12.3. The van der Waals surface area contributed by atoms with E-state index in [1.807, 2.05) is 42.5 Å². The van der Waals surface area contributed by atoms with Crippen LogP contribution in [-0.4, -0.2) is 24.3 Å². The van der Waals surface area contributed by atoms with Gasteiger partial charge in [-0.05, 0) is 41.3 Å². The van der Waals surface area contributed by atoms with Crippen molar-refractivity contribution in [2.75, 3.05) is 11.9 Å². The minimum absolute atomic E-state index is 0.112. The summed E-state index contributed by atoms with van der Waals surface area (Å²) in [6.07, 6.45) is 4.02. The number of anilines is 1. The van der Waals surface area contributed by atoms with Gasteiger partial charge >= 0.3 is 5.97 Å². The largest absolute Gasteiger partial charge is 0.455 e. The van der Waals surface area contributed by atoms with Crippen molar-refractivity contribution in [3.8, 4) is 11.5 Å². The zero-order valence-corrected chi connectivity index (χ0v) is 17.1. The summed E-state index contributed by atoms with van der Waals surface area (Å²) in [6, 6.07) is 19.0. The lowest BCUT2D eigenvalue weighted by molar-refractivity contribution is -0.146. The SMILES string of the molecule is O=C(COC(=O)Cc1cccc2ccccc12)Nc1ccc2c(c1)OC1(CCCC1)O2. The van der Waals surface area contributed by atoms with Crippen molar-refractivity contribution in [1.29, 1.82) is 0 Å². The Morgan fingerprint density at radius 1 is 0.935 bits per heavy atom. The van der Waals surface area contributed by atoms with Gasteiger partial charge in [0.1, 0.15) is 0 Å². The number of carbonyl (C=O) groups excluding carboxylic acids is 2. The van der Waals surface area contributed by atoms with Gasteiger partial charge in [0.15, 0.2) is 18.1 Å². The van der Waals surface area contributed by atoms with E-state index in [2.05, 4.69) is 5.32 Å². The molecule has 2 aliphatic rings. The molecule has 0 saturated heterocycles. The van der Waals surface area contributed by atoms with E-state index in [4.69, 9.17) is 14.2 Å². The smallest absolute Gasteiger partial charge is 0.310 e. The summed E-state index contributed by atoms with van der Waals surface area (Å²) in [5.41, 5.74) is 1.45. The normalized spacial score (nSPS) is 15.9. The lowest BCUT2D eigenvalue weighted by Crippen LogP contribution is -2.34. The fourth-order valence-electron chi connectivity index (χ4n) is 4.29. The highest BCUT2D eigenvalue weighted by Crippen LogP contribution is 2.47. The maximum atomic E-state index is 12.3. The van der Waals surface area contributed by atoms with Gasteiger partial charge in [-0.1, -0.05) is 42.5 Å². The van der Waals surface area contributed by atoms with Crippen LogP contribution in [0.4, 0.5) is 5.69 Å². The molecular weight excluding hydrogens is 394 g/mol. The van der Waals surface area contributed by atoms with Crippen LogP contribution in [0, 0.1) is 0 Å². The molecule has 1 amide bonds. The third-order valence-corrected chi connectivity index (χ3v) is 5.76. The van der Waals surface area contributed by atoms with Crippen molar-refractivity contribution in [2.24, 2.45) is 0 Å². The monoisotopic (exact) mass is 417 g/mol. The summed E-state index contributed by atoms with van der Waals surface area (Å²) >= 11 is 0. The molecule has 1 aliphatic carbocycles. The van der Waals surface area contributed by atoms with Gasteiger partial charge in [-0.15, -0.1) is 0 Å². The molecule has 3 aromatic rings. The molecule has 3 aromatic carbocycles. The summed E-state index contributed by atoms with van der Waals surface area (Å²) in [7, 11) is 0. The van der Waals surface area contributed by atoms with Gasteiger partial charge in [0, 0.05) is 24.6 Å². The van der Waals surface area contributed by atoms with E-state index in [1.165, 1.54) is 0 Å². The predicted molar refractivity (Wildman–Crippen MR) is 116 cm³/mol. The fourth-order valence-corrected chi connectivity index (χ4v) is 4.29. The van der Waals surface area contributed by atoms with Crippen molar-refractivity contribution < 1.29 is 23.8 Å². The standard InChI is InChI=1S/C25H23NO5/c27-23(16-29-24(28)14-18-8-5-7-17-6-1-2-9-20(17)18)26-19-10-11-21-22(15-19)31-25(30-21)12-3-4-13-25/h1-2,5-11,15H,3-4,12-14,16H2,(H,26,27). The number of benzene rings is 3. The number of nitrogens with one attached hydrogen (secondary N) is 1. The molecule has 0 bridgehead atoms. The molecule has 0 unspecified atom stereocenters. The quantitative estimate of drug-likeness (QED) is 0.614. The van der Waals surface area contributed by atoms with Gasteiger partial charge in [0.25, 0.3) is 11.7 Å². The van der Waals surface area contributed by atoms with Gasteiger partial charge < -0.3 is 19.5 Å². The van der Waals surface area contributed by atoms with E-state index < -0.39 is 17.7 Å². The van der Waals surface area contributed by atoms with Gasteiger partial charge in [-0.3, -0.25) is 9.59 Å². The van der Waals surface area contributed by atoms with Crippen LogP contribution in [0.5, 0.6) is 11.5 Å². The van der Waals surface area contributed by atoms with E-state index >= 15 is 0 Å². The number of rotatable bonds is 5. The Morgan fingerprint density at radius 2 is 1.71 bits per heavy atom. The van der Waals surface area contributed by atoms with Gasteiger partial charge in [0.2, 0.25) is 0 Å². The number of ether oxygens (including phenoxy) is 3. The first-order valence-electron chi connectivity index (χ1n) is 10.5. The first kappa shape index (κ1) is 19.4.